The lowest BCUT2D eigenvalue weighted by Gasteiger charge is -2.34. The molecule has 1 aliphatic rings. The summed E-state index contributed by atoms with van der Waals surface area (Å²) < 4.78 is 12.9. The van der Waals surface area contributed by atoms with Crippen LogP contribution in [0.3, 0.4) is 0 Å². The van der Waals surface area contributed by atoms with Crippen molar-refractivity contribution in [3.05, 3.63) is 59.5 Å². The standard InChI is InChI=1S/C18H21FN4O/c1-22-9-11-23(12-10-22)17-15(3-2-8-20-17)13-21-18(24)14-4-6-16(19)7-5-14/h2-8H,9-13H2,1H3,(H,21,24). The predicted molar refractivity (Wildman–Crippen MR) is 91.5 cm³/mol. The number of piperazine rings is 1. The van der Waals surface area contributed by atoms with Gasteiger partial charge in [0.05, 0.1) is 0 Å². The molecule has 1 saturated heterocycles. The number of carbonyl (C=O) groups excluding carboxylic acids is 1. The molecular weight excluding hydrogens is 307 g/mol. The molecule has 2 aromatic rings. The van der Waals surface area contributed by atoms with Gasteiger partial charge in [-0.05, 0) is 37.4 Å². The minimum Gasteiger partial charge on any atom is -0.354 e. The number of aromatic nitrogens is 1. The minimum atomic E-state index is -0.351. The molecule has 0 atom stereocenters. The molecule has 0 aliphatic carbocycles. The lowest BCUT2D eigenvalue weighted by Crippen LogP contribution is -2.45. The smallest absolute Gasteiger partial charge is 0.251 e. The van der Waals surface area contributed by atoms with E-state index in [1.165, 1.54) is 24.3 Å². The number of pyridine rings is 1. The first kappa shape index (κ1) is 16.4. The highest BCUT2D eigenvalue weighted by Crippen LogP contribution is 2.18. The van der Waals surface area contributed by atoms with Crippen molar-refractivity contribution in [1.29, 1.82) is 0 Å². The molecule has 0 saturated carbocycles. The fourth-order valence-electron chi connectivity index (χ4n) is 2.75. The van der Waals surface area contributed by atoms with Crippen molar-refractivity contribution < 1.29 is 9.18 Å². The Morgan fingerprint density at radius 1 is 1.17 bits per heavy atom. The van der Waals surface area contributed by atoms with E-state index in [2.05, 4.69) is 27.1 Å². The highest BCUT2D eigenvalue weighted by Gasteiger charge is 2.18. The molecule has 0 unspecified atom stereocenters. The summed E-state index contributed by atoms with van der Waals surface area (Å²) in [5.41, 5.74) is 1.43. The Labute approximate surface area is 141 Å². The van der Waals surface area contributed by atoms with Gasteiger partial charge in [0.15, 0.2) is 0 Å². The molecule has 1 aliphatic heterocycles. The number of carbonyl (C=O) groups is 1. The van der Waals surface area contributed by atoms with Crippen molar-refractivity contribution in [1.82, 2.24) is 15.2 Å². The van der Waals surface area contributed by atoms with Gasteiger partial charge in [-0.3, -0.25) is 4.79 Å². The molecule has 1 amide bonds. The molecule has 1 aromatic heterocycles. The van der Waals surface area contributed by atoms with Crippen molar-refractivity contribution in [3.8, 4) is 0 Å². The van der Waals surface area contributed by atoms with E-state index in [1.807, 2.05) is 12.1 Å². The number of hydrogen-bond acceptors (Lipinski definition) is 4. The molecule has 24 heavy (non-hydrogen) atoms. The van der Waals surface area contributed by atoms with Gasteiger partial charge in [0.1, 0.15) is 11.6 Å². The molecular formula is C18H21FN4O. The maximum absolute atomic E-state index is 12.9. The molecule has 3 rings (SSSR count). The molecule has 1 aromatic carbocycles. The van der Waals surface area contributed by atoms with Gasteiger partial charge in [-0.15, -0.1) is 0 Å². The Balaban J connectivity index is 1.67. The monoisotopic (exact) mass is 328 g/mol. The van der Waals surface area contributed by atoms with Crippen LogP contribution in [-0.2, 0) is 6.54 Å². The zero-order chi connectivity index (χ0) is 16.9. The van der Waals surface area contributed by atoms with E-state index in [9.17, 15) is 9.18 Å². The Bertz CT molecular complexity index is 696. The number of halogens is 1. The number of amides is 1. The second kappa shape index (κ2) is 7.40. The molecule has 5 nitrogen and oxygen atoms in total. The minimum absolute atomic E-state index is 0.219. The molecule has 1 N–H and O–H groups in total. The van der Waals surface area contributed by atoms with E-state index in [-0.39, 0.29) is 11.7 Å². The van der Waals surface area contributed by atoms with Gasteiger partial charge >= 0.3 is 0 Å². The van der Waals surface area contributed by atoms with E-state index in [0.29, 0.717) is 12.1 Å². The SMILES string of the molecule is CN1CCN(c2ncccc2CNC(=O)c2ccc(F)cc2)CC1. The van der Waals surface area contributed by atoms with E-state index in [1.54, 1.807) is 6.20 Å². The number of likely N-dealkylation sites (N-methyl/N-ethyl adjacent to an activating group) is 1. The number of anilines is 1. The van der Waals surface area contributed by atoms with Gasteiger partial charge < -0.3 is 15.1 Å². The average molecular weight is 328 g/mol. The van der Waals surface area contributed by atoms with Crippen LogP contribution in [0, 0.1) is 5.82 Å². The van der Waals surface area contributed by atoms with Crippen molar-refractivity contribution in [2.45, 2.75) is 6.54 Å². The van der Waals surface area contributed by atoms with Gasteiger partial charge in [-0.2, -0.15) is 0 Å². The Kier molecular flexibility index (Phi) is 5.05. The van der Waals surface area contributed by atoms with Crippen LogP contribution in [0.25, 0.3) is 0 Å². The summed E-state index contributed by atoms with van der Waals surface area (Å²) in [5, 5.41) is 2.88. The summed E-state index contributed by atoms with van der Waals surface area (Å²) in [5.74, 6) is 0.351. The van der Waals surface area contributed by atoms with Crippen molar-refractivity contribution in [2.75, 3.05) is 38.1 Å². The topological polar surface area (TPSA) is 48.5 Å². The summed E-state index contributed by atoms with van der Waals surface area (Å²) in [6.07, 6.45) is 1.78. The second-order valence-corrected chi connectivity index (χ2v) is 5.97. The van der Waals surface area contributed by atoms with Crippen LogP contribution >= 0.6 is 0 Å². The van der Waals surface area contributed by atoms with E-state index in [0.717, 1.165) is 37.6 Å². The maximum atomic E-state index is 12.9. The first-order valence-electron chi connectivity index (χ1n) is 8.04. The van der Waals surface area contributed by atoms with Crippen LogP contribution in [-0.4, -0.2) is 49.0 Å². The number of nitrogens with one attached hydrogen (secondary N) is 1. The highest BCUT2D eigenvalue weighted by molar-refractivity contribution is 5.94. The summed E-state index contributed by atoms with van der Waals surface area (Å²) in [7, 11) is 2.11. The van der Waals surface area contributed by atoms with Crippen molar-refractivity contribution in [3.63, 3.8) is 0 Å². The molecule has 2 heterocycles. The molecule has 6 heteroatoms. The average Bonchev–Trinajstić information content (AvgIpc) is 2.61. The van der Waals surface area contributed by atoms with Crippen molar-refractivity contribution in [2.24, 2.45) is 0 Å². The molecule has 0 spiro atoms. The lowest BCUT2D eigenvalue weighted by atomic mass is 10.2. The Morgan fingerprint density at radius 2 is 1.88 bits per heavy atom. The summed E-state index contributed by atoms with van der Waals surface area (Å²) in [6.45, 7) is 4.24. The number of rotatable bonds is 4. The quantitative estimate of drug-likeness (QED) is 0.931. The van der Waals surface area contributed by atoms with Crippen LogP contribution in [0.1, 0.15) is 15.9 Å². The largest absolute Gasteiger partial charge is 0.354 e. The van der Waals surface area contributed by atoms with Crippen LogP contribution in [0.4, 0.5) is 10.2 Å². The summed E-state index contributed by atoms with van der Waals surface area (Å²) in [6, 6.07) is 9.39. The lowest BCUT2D eigenvalue weighted by molar-refractivity contribution is 0.0951. The summed E-state index contributed by atoms with van der Waals surface area (Å²) >= 11 is 0. The van der Waals surface area contributed by atoms with Gasteiger partial charge in [0, 0.05) is 50.0 Å². The first-order valence-corrected chi connectivity index (χ1v) is 8.04. The third-order valence-corrected chi connectivity index (χ3v) is 4.22. The fraction of sp³-hybridized carbons (Fsp3) is 0.333. The Morgan fingerprint density at radius 3 is 2.58 bits per heavy atom. The molecule has 1 fully saturated rings. The zero-order valence-electron chi connectivity index (χ0n) is 13.7. The van der Waals surface area contributed by atoms with E-state index >= 15 is 0 Å². The highest BCUT2D eigenvalue weighted by atomic mass is 19.1. The normalized spacial score (nSPS) is 15.3. The number of hydrogen-bond donors (Lipinski definition) is 1. The summed E-state index contributed by atoms with van der Waals surface area (Å²) in [4.78, 5) is 21.2. The number of nitrogens with zero attached hydrogens (tertiary/aromatic N) is 3. The Hall–Kier alpha value is -2.47. The van der Waals surface area contributed by atoms with Gasteiger partial charge in [-0.1, -0.05) is 6.07 Å². The molecule has 0 radical (unpaired) electrons. The van der Waals surface area contributed by atoms with Gasteiger partial charge in [0.2, 0.25) is 0 Å². The van der Waals surface area contributed by atoms with Crippen LogP contribution in [0.5, 0.6) is 0 Å². The fourth-order valence-corrected chi connectivity index (χ4v) is 2.75. The predicted octanol–water partition coefficient (Wildman–Crippen LogP) is 1.90. The van der Waals surface area contributed by atoms with Crippen LogP contribution in [0.15, 0.2) is 42.6 Å². The van der Waals surface area contributed by atoms with E-state index in [4.69, 9.17) is 0 Å². The first-order chi connectivity index (χ1) is 11.6. The third-order valence-electron chi connectivity index (χ3n) is 4.22. The van der Waals surface area contributed by atoms with Crippen molar-refractivity contribution >= 4 is 11.7 Å². The van der Waals surface area contributed by atoms with Crippen LogP contribution < -0.4 is 10.2 Å². The van der Waals surface area contributed by atoms with Gasteiger partial charge in [-0.25, -0.2) is 9.37 Å². The third kappa shape index (κ3) is 3.89. The molecule has 126 valence electrons. The second-order valence-electron chi connectivity index (χ2n) is 5.97. The van der Waals surface area contributed by atoms with Crippen LogP contribution in [0.2, 0.25) is 0 Å². The van der Waals surface area contributed by atoms with E-state index < -0.39 is 0 Å². The molecule has 0 bridgehead atoms. The number of benzene rings is 1. The maximum Gasteiger partial charge on any atom is 0.251 e. The van der Waals surface area contributed by atoms with Gasteiger partial charge in [0.25, 0.3) is 5.91 Å². The zero-order valence-corrected chi connectivity index (χ0v) is 13.7.